The molecule has 0 fully saturated rings. The summed E-state index contributed by atoms with van der Waals surface area (Å²) < 4.78 is 0. The van der Waals surface area contributed by atoms with Gasteiger partial charge in [0.25, 0.3) is 0 Å². The van der Waals surface area contributed by atoms with Crippen LogP contribution in [0.2, 0.25) is 13.1 Å². The van der Waals surface area contributed by atoms with Crippen molar-refractivity contribution in [1.82, 2.24) is 0 Å². The van der Waals surface area contributed by atoms with Crippen molar-refractivity contribution >= 4 is 48.1 Å². The monoisotopic (exact) mass is 684 g/mol. The number of aryl methyl sites for hydroxylation is 3. The van der Waals surface area contributed by atoms with Crippen LogP contribution >= 0.6 is 17.0 Å². The van der Waals surface area contributed by atoms with E-state index in [4.69, 9.17) is 17.0 Å². The van der Waals surface area contributed by atoms with Crippen LogP contribution in [0.4, 0.5) is 0 Å². The number of halogens is 2. The molecule has 0 bridgehead atoms. The molecule has 0 aliphatic heterocycles. The first-order valence-corrected chi connectivity index (χ1v) is 22.6. The summed E-state index contributed by atoms with van der Waals surface area (Å²) in [5, 5.41) is 5.47. The van der Waals surface area contributed by atoms with Gasteiger partial charge in [-0.3, -0.25) is 0 Å². The molecule has 0 nitrogen and oxygen atoms in total. The van der Waals surface area contributed by atoms with E-state index in [1.807, 2.05) is 0 Å². The van der Waals surface area contributed by atoms with Crippen LogP contribution in [0.15, 0.2) is 109 Å². The summed E-state index contributed by atoms with van der Waals surface area (Å²) in [4.78, 5) is 0. The van der Waals surface area contributed by atoms with Gasteiger partial charge in [-0.25, -0.2) is 0 Å². The summed E-state index contributed by atoms with van der Waals surface area (Å²) in [6, 6.07) is 39.6. The molecule has 0 heterocycles. The van der Waals surface area contributed by atoms with Gasteiger partial charge in [-0.15, -0.1) is 68.6 Å². The maximum absolute atomic E-state index is 4.93. The van der Waals surface area contributed by atoms with Gasteiger partial charge in [0.2, 0.25) is 0 Å². The van der Waals surface area contributed by atoms with E-state index in [9.17, 15) is 0 Å². The fourth-order valence-electron chi connectivity index (χ4n) is 5.11. The van der Waals surface area contributed by atoms with Gasteiger partial charge in [0.05, 0.1) is 0 Å². The number of rotatable bonds is 3. The zero-order valence-corrected chi connectivity index (χ0v) is 30.7. The molecule has 0 amide bonds. The van der Waals surface area contributed by atoms with Gasteiger partial charge in [-0.05, 0) is 24.0 Å². The van der Waals surface area contributed by atoms with Crippen LogP contribution in [-0.4, -0.2) is 9.52 Å². The SMILES string of the molecule is C[Si]C.Cc1cc2c(-c3ccccc3)ccc(C)c2[cH-]1.Cc1cccc(-c2cccc3[cH-]c(C(C)C)cc23)c1.[Cl][Zr+2][Cl]. The third-order valence-corrected chi connectivity index (χ3v) is 7.10. The topological polar surface area (TPSA) is 0 Å². The normalized spacial score (nSPS) is 10.2. The molecule has 42 heavy (non-hydrogen) atoms. The molecule has 0 saturated heterocycles. The van der Waals surface area contributed by atoms with E-state index in [0.717, 1.165) is 9.52 Å². The van der Waals surface area contributed by atoms with Crippen LogP contribution in [0, 0.1) is 20.8 Å². The second-order valence-electron chi connectivity index (χ2n) is 10.8. The Bertz CT molecular complexity index is 1680. The van der Waals surface area contributed by atoms with Gasteiger partial charge in [0, 0.05) is 9.52 Å². The van der Waals surface area contributed by atoms with Crippen molar-refractivity contribution in [1.29, 1.82) is 0 Å². The van der Waals surface area contributed by atoms with E-state index in [1.165, 1.54) is 66.1 Å². The van der Waals surface area contributed by atoms with Gasteiger partial charge in [-0.1, -0.05) is 124 Å². The Kier molecular flexibility index (Phi) is 14.0. The van der Waals surface area contributed by atoms with Crippen molar-refractivity contribution in [2.75, 3.05) is 0 Å². The van der Waals surface area contributed by atoms with E-state index < -0.39 is 20.8 Å². The van der Waals surface area contributed by atoms with E-state index in [-0.39, 0.29) is 0 Å². The predicted octanol–water partition coefficient (Wildman–Crippen LogP) is 12.7. The van der Waals surface area contributed by atoms with Crippen molar-refractivity contribution < 1.29 is 20.8 Å². The van der Waals surface area contributed by atoms with Crippen LogP contribution < -0.4 is 0 Å². The summed E-state index contributed by atoms with van der Waals surface area (Å²) in [5.74, 6) is 0.581. The minimum absolute atomic E-state index is 0.581. The molecule has 214 valence electrons. The first-order chi connectivity index (χ1) is 20.2. The fourth-order valence-corrected chi connectivity index (χ4v) is 5.11. The van der Waals surface area contributed by atoms with Crippen LogP contribution in [0.25, 0.3) is 43.8 Å². The van der Waals surface area contributed by atoms with Gasteiger partial charge in [-0.2, -0.15) is 12.1 Å². The summed E-state index contributed by atoms with van der Waals surface area (Å²) >= 11 is -0.826. The summed E-state index contributed by atoms with van der Waals surface area (Å²) in [7, 11) is 11.0. The number of hydrogen-bond donors (Lipinski definition) is 0. The van der Waals surface area contributed by atoms with E-state index >= 15 is 0 Å². The molecule has 6 aromatic carbocycles. The second-order valence-corrected chi connectivity index (χ2v) is 15.6. The van der Waals surface area contributed by atoms with E-state index in [2.05, 4.69) is 157 Å². The maximum atomic E-state index is 4.93. The standard InChI is InChI=1S/C19H19.C17H15.C2H6Si.2ClH.Zr/c1-13(2)17-11-16-8-5-9-18(19(16)12-17)15-7-4-6-14(3)10-15;1-12-10-16-13(2)8-9-15(17(16)11-12)14-6-4-3-5-7-14;1-3-2;;;/h4-13H,1-3H3;3-11H,1-2H3;1-2H3;2*1H;/q2*-1;;;;+4/p-2. The third kappa shape index (κ3) is 9.14. The van der Waals surface area contributed by atoms with Crippen LogP contribution in [-0.2, 0) is 20.8 Å². The van der Waals surface area contributed by atoms with Crippen molar-refractivity contribution in [2.45, 2.75) is 53.6 Å². The fraction of sp³-hybridized carbons (Fsp3) is 0.211. The molecule has 0 atom stereocenters. The Balaban J connectivity index is 0.000000195. The number of benzene rings is 4. The molecule has 0 unspecified atom stereocenters. The quantitative estimate of drug-likeness (QED) is 0.128. The molecule has 0 aliphatic rings. The molecule has 0 N–H and O–H groups in total. The molecule has 4 heteroatoms. The third-order valence-electron chi connectivity index (χ3n) is 7.10. The second kappa shape index (κ2) is 17.2. The molecular weight excluding hydrogens is 647 g/mol. The molecule has 0 aromatic heterocycles. The Morgan fingerprint density at radius 1 is 0.667 bits per heavy atom. The molecule has 6 aromatic rings. The van der Waals surface area contributed by atoms with Crippen molar-refractivity contribution in [3.8, 4) is 22.3 Å². The first kappa shape index (κ1) is 34.3. The number of hydrogen-bond acceptors (Lipinski definition) is 0. The Labute approximate surface area is 274 Å². The number of fused-ring (bicyclic) bond motifs is 2. The van der Waals surface area contributed by atoms with Gasteiger partial charge >= 0.3 is 37.9 Å². The molecule has 6 rings (SSSR count). The average molecular weight is 687 g/mol. The zero-order valence-electron chi connectivity index (χ0n) is 25.7. The van der Waals surface area contributed by atoms with Gasteiger partial charge in [0.1, 0.15) is 0 Å². The summed E-state index contributed by atoms with van der Waals surface area (Å²) in [5.41, 5.74) is 10.7. The molecule has 0 spiro atoms. The minimum atomic E-state index is -0.826. The predicted molar refractivity (Wildman–Crippen MR) is 187 cm³/mol. The summed E-state index contributed by atoms with van der Waals surface area (Å²) in [6.45, 7) is 15.3. The van der Waals surface area contributed by atoms with Crippen molar-refractivity contribution in [3.63, 3.8) is 0 Å². The Morgan fingerprint density at radius 3 is 1.93 bits per heavy atom. The Hall–Kier alpha value is -2.22. The van der Waals surface area contributed by atoms with Crippen LogP contribution in [0.5, 0.6) is 0 Å². The molecular formula is C38H40Cl2SiZr. The van der Waals surface area contributed by atoms with Gasteiger partial charge in [0.15, 0.2) is 0 Å². The zero-order chi connectivity index (χ0) is 30.6. The molecule has 0 saturated carbocycles. The van der Waals surface area contributed by atoms with Crippen molar-refractivity contribution in [3.05, 3.63) is 131 Å². The average Bonchev–Trinajstić information content (AvgIpc) is 3.59. The summed E-state index contributed by atoms with van der Waals surface area (Å²) in [6.07, 6.45) is 0. The van der Waals surface area contributed by atoms with Crippen LogP contribution in [0.3, 0.4) is 0 Å². The first-order valence-electron chi connectivity index (χ1n) is 14.3. The van der Waals surface area contributed by atoms with E-state index in [0.29, 0.717) is 5.92 Å². The molecule has 2 radical (unpaired) electrons. The van der Waals surface area contributed by atoms with Gasteiger partial charge < -0.3 is 0 Å². The van der Waals surface area contributed by atoms with E-state index in [1.54, 1.807) is 0 Å². The molecule has 0 aliphatic carbocycles. The van der Waals surface area contributed by atoms with Crippen molar-refractivity contribution in [2.24, 2.45) is 0 Å². The van der Waals surface area contributed by atoms with Crippen LogP contribution in [0.1, 0.15) is 42.0 Å². The Morgan fingerprint density at radius 2 is 1.29 bits per heavy atom.